The van der Waals surface area contributed by atoms with Crippen LogP contribution in [-0.2, 0) is 19.1 Å². The van der Waals surface area contributed by atoms with Gasteiger partial charge in [-0.2, -0.15) is 0 Å². The van der Waals surface area contributed by atoms with Crippen LogP contribution in [0.15, 0.2) is 24.3 Å². The molecule has 0 aliphatic carbocycles. The molecule has 2 rings (SSSR count). The molecule has 0 bridgehead atoms. The third-order valence-electron chi connectivity index (χ3n) is 4.09. The van der Waals surface area contributed by atoms with Gasteiger partial charge in [0.15, 0.2) is 6.61 Å². The summed E-state index contributed by atoms with van der Waals surface area (Å²) in [7, 11) is 0. The van der Waals surface area contributed by atoms with E-state index in [1.807, 2.05) is 6.92 Å². The van der Waals surface area contributed by atoms with Gasteiger partial charge in [0.2, 0.25) is 5.91 Å². The van der Waals surface area contributed by atoms with E-state index in [9.17, 15) is 14.4 Å². The predicted molar refractivity (Wildman–Crippen MR) is 95.9 cm³/mol. The van der Waals surface area contributed by atoms with Gasteiger partial charge in [0, 0.05) is 18.1 Å². The van der Waals surface area contributed by atoms with E-state index < -0.39 is 12.0 Å². The summed E-state index contributed by atoms with van der Waals surface area (Å²) in [5, 5.41) is 3.24. The van der Waals surface area contributed by atoms with Crippen molar-refractivity contribution in [3.8, 4) is 5.75 Å². The van der Waals surface area contributed by atoms with E-state index in [0.717, 1.165) is 0 Å². The second kappa shape index (κ2) is 9.43. The highest BCUT2D eigenvalue weighted by Crippen LogP contribution is 2.16. The SMILES string of the molecule is CCC(C)OC(=O)CC1C(=O)NCCN1C(=O)COc1ccc(Cl)cc1. The molecule has 1 aliphatic rings. The molecule has 1 aromatic carbocycles. The van der Waals surface area contributed by atoms with E-state index >= 15 is 0 Å². The van der Waals surface area contributed by atoms with Crippen LogP contribution >= 0.6 is 11.6 Å². The molecule has 2 atom stereocenters. The number of piperazine rings is 1. The van der Waals surface area contributed by atoms with Crippen molar-refractivity contribution >= 4 is 29.4 Å². The highest BCUT2D eigenvalue weighted by Gasteiger charge is 2.35. The zero-order valence-electron chi connectivity index (χ0n) is 14.9. The Morgan fingerprint density at radius 3 is 2.69 bits per heavy atom. The Hall–Kier alpha value is -2.28. The molecule has 1 aromatic rings. The lowest BCUT2D eigenvalue weighted by Gasteiger charge is -2.34. The number of hydrogen-bond donors (Lipinski definition) is 1. The second-order valence-corrected chi connectivity index (χ2v) is 6.49. The summed E-state index contributed by atoms with van der Waals surface area (Å²) in [6.07, 6.45) is 0.273. The summed E-state index contributed by atoms with van der Waals surface area (Å²) in [6, 6.07) is 5.73. The topological polar surface area (TPSA) is 84.9 Å². The van der Waals surface area contributed by atoms with Crippen LogP contribution in [0, 0.1) is 0 Å². The molecule has 0 spiro atoms. The van der Waals surface area contributed by atoms with Crippen LogP contribution in [0.25, 0.3) is 0 Å². The number of carbonyl (C=O) groups excluding carboxylic acids is 3. The quantitative estimate of drug-likeness (QED) is 0.726. The molecule has 7 nitrogen and oxygen atoms in total. The smallest absolute Gasteiger partial charge is 0.308 e. The van der Waals surface area contributed by atoms with Crippen molar-refractivity contribution in [1.82, 2.24) is 10.2 Å². The van der Waals surface area contributed by atoms with Gasteiger partial charge in [0.25, 0.3) is 5.91 Å². The van der Waals surface area contributed by atoms with Crippen LogP contribution in [0.4, 0.5) is 0 Å². The molecule has 26 heavy (non-hydrogen) atoms. The van der Waals surface area contributed by atoms with Crippen LogP contribution in [-0.4, -0.2) is 54.5 Å². The molecule has 1 heterocycles. The molecule has 0 radical (unpaired) electrons. The molecule has 142 valence electrons. The van der Waals surface area contributed by atoms with E-state index in [1.54, 1.807) is 31.2 Å². The molecule has 8 heteroatoms. The molecular formula is C18H23ClN2O5. The Balaban J connectivity index is 1.96. The Labute approximate surface area is 157 Å². The first-order valence-corrected chi connectivity index (χ1v) is 8.93. The number of amides is 2. The van der Waals surface area contributed by atoms with Crippen LogP contribution in [0.3, 0.4) is 0 Å². The summed E-state index contributed by atoms with van der Waals surface area (Å²) >= 11 is 5.81. The molecule has 1 fully saturated rings. The zero-order valence-corrected chi connectivity index (χ0v) is 15.6. The summed E-state index contributed by atoms with van der Waals surface area (Å²) in [4.78, 5) is 38.0. The second-order valence-electron chi connectivity index (χ2n) is 6.05. The van der Waals surface area contributed by atoms with Crippen LogP contribution in [0.2, 0.25) is 5.02 Å². The first-order chi connectivity index (χ1) is 12.4. The maximum Gasteiger partial charge on any atom is 0.308 e. The van der Waals surface area contributed by atoms with Crippen molar-refractivity contribution in [3.05, 3.63) is 29.3 Å². The van der Waals surface area contributed by atoms with E-state index in [1.165, 1.54) is 4.90 Å². The fourth-order valence-electron chi connectivity index (χ4n) is 2.49. The molecule has 1 N–H and O–H groups in total. The maximum atomic E-state index is 12.5. The first kappa shape index (κ1) is 20.0. The molecule has 0 saturated carbocycles. The number of halogens is 1. The Morgan fingerprint density at radius 2 is 2.04 bits per heavy atom. The summed E-state index contributed by atoms with van der Waals surface area (Å²) < 4.78 is 10.7. The first-order valence-electron chi connectivity index (χ1n) is 8.55. The lowest BCUT2D eigenvalue weighted by Crippen LogP contribution is -2.58. The molecule has 2 amide bonds. The van der Waals surface area contributed by atoms with E-state index in [0.29, 0.717) is 30.3 Å². The zero-order chi connectivity index (χ0) is 19.1. The van der Waals surface area contributed by atoms with Crippen LogP contribution in [0.1, 0.15) is 26.7 Å². The average Bonchev–Trinajstić information content (AvgIpc) is 2.62. The lowest BCUT2D eigenvalue weighted by molar-refractivity contribution is -0.155. The van der Waals surface area contributed by atoms with Gasteiger partial charge in [-0.05, 0) is 37.6 Å². The van der Waals surface area contributed by atoms with Gasteiger partial charge in [-0.25, -0.2) is 0 Å². The third kappa shape index (κ3) is 5.62. The minimum atomic E-state index is -0.887. The Morgan fingerprint density at radius 1 is 1.35 bits per heavy atom. The Kier molecular flexibility index (Phi) is 7.26. The van der Waals surface area contributed by atoms with Crippen molar-refractivity contribution in [1.29, 1.82) is 0 Å². The molecule has 1 saturated heterocycles. The number of hydrogen-bond acceptors (Lipinski definition) is 5. The van der Waals surface area contributed by atoms with E-state index in [2.05, 4.69) is 5.32 Å². The lowest BCUT2D eigenvalue weighted by atomic mass is 10.1. The third-order valence-corrected chi connectivity index (χ3v) is 4.35. The van der Waals surface area contributed by atoms with Crippen molar-refractivity contribution in [2.75, 3.05) is 19.7 Å². The molecule has 0 aromatic heterocycles. The van der Waals surface area contributed by atoms with E-state index in [4.69, 9.17) is 21.1 Å². The number of rotatable bonds is 7. The average molecular weight is 383 g/mol. The standard InChI is InChI=1S/C18H23ClN2O5/c1-3-12(2)26-17(23)10-15-18(24)20-8-9-21(15)16(22)11-25-14-6-4-13(19)5-7-14/h4-7,12,15H,3,8-11H2,1-2H3,(H,20,24). The fourth-order valence-corrected chi connectivity index (χ4v) is 2.61. The normalized spacial score (nSPS) is 18.0. The summed E-state index contributed by atoms with van der Waals surface area (Å²) in [5.41, 5.74) is 0. The summed E-state index contributed by atoms with van der Waals surface area (Å²) in [5.74, 6) is -0.733. The molecule has 1 aliphatic heterocycles. The van der Waals surface area contributed by atoms with Crippen molar-refractivity contribution < 1.29 is 23.9 Å². The largest absolute Gasteiger partial charge is 0.484 e. The van der Waals surface area contributed by atoms with Crippen molar-refractivity contribution in [3.63, 3.8) is 0 Å². The number of benzene rings is 1. The van der Waals surface area contributed by atoms with Crippen LogP contribution in [0.5, 0.6) is 5.75 Å². The minimum Gasteiger partial charge on any atom is -0.484 e. The monoisotopic (exact) mass is 382 g/mol. The van der Waals surface area contributed by atoms with Gasteiger partial charge in [-0.3, -0.25) is 14.4 Å². The highest BCUT2D eigenvalue weighted by atomic mass is 35.5. The number of esters is 1. The number of nitrogens with one attached hydrogen (secondary N) is 1. The van der Waals surface area contributed by atoms with Crippen molar-refractivity contribution in [2.45, 2.75) is 38.8 Å². The maximum absolute atomic E-state index is 12.5. The summed E-state index contributed by atoms with van der Waals surface area (Å²) in [6.45, 7) is 4.10. The van der Waals surface area contributed by atoms with Gasteiger partial charge in [-0.15, -0.1) is 0 Å². The van der Waals surface area contributed by atoms with Gasteiger partial charge >= 0.3 is 5.97 Å². The van der Waals surface area contributed by atoms with E-state index in [-0.39, 0.29) is 30.9 Å². The Bertz CT molecular complexity index is 649. The van der Waals surface area contributed by atoms with Gasteiger partial charge in [-0.1, -0.05) is 18.5 Å². The number of ether oxygens (including phenoxy) is 2. The van der Waals surface area contributed by atoms with Gasteiger partial charge in [0.1, 0.15) is 11.8 Å². The van der Waals surface area contributed by atoms with Gasteiger partial charge < -0.3 is 19.7 Å². The van der Waals surface area contributed by atoms with Crippen LogP contribution < -0.4 is 10.1 Å². The fraction of sp³-hybridized carbons (Fsp3) is 0.500. The minimum absolute atomic E-state index is 0.178. The van der Waals surface area contributed by atoms with Crippen molar-refractivity contribution in [2.24, 2.45) is 0 Å². The predicted octanol–water partition coefficient (Wildman–Crippen LogP) is 1.78. The highest BCUT2D eigenvalue weighted by molar-refractivity contribution is 6.30. The molecule has 2 unspecified atom stereocenters. The molecular weight excluding hydrogens is 360 g/mol. The number of nitrogens with zero attached hydrogens (tertiary/aromatic N) is 1. The number of carbonyl (C=O) groups is 3. The van der Waals surface area contributed by atoms with Gasteiger partial charge in [0.05, 0.1) is 12.5 Å².